The summed E-state index contributed by atoms with van der Waals surface area (Å²) in [6.07, 6.45) is 3.98. The first-order valence-electron chi connectivity index (χ1n) is 7.78. The summed E-state index contributed by atoms with van der Waals surface area (Å²) in [4.78, 5) is 2.71. The van der Waals surface area contributed by atoms with Crippen LogP contribution in [0, 0.1) is 11.3 Å². The second-order valence-corrected chi connectivity index (χ2v) is 7.54. The summed E-state index contributed by atoms with van der Waals surface area (Å²) in [5.74, 6) is 0.830. The van der Waals surface area contributed by atoms with Crippen LogP contribution in [0.5, 0.6) is 0 Å². The van der Waals surface area contributed by atoms with E-state index in [2.05, 4.69) is 51.8 Å². The quantitative estimate of drug-likeness (QED) is 0.826. The average molecular weight is 254 g/mol. The smallest absolute Gasteiger partial charge is 0.0243 e. The van der Waals surface area contributed by atoms with Crippen molar-refractivity contribution in [3.05, 3.63) is 0 Å². The van der Waals surface area contributed by atoms with Gasteiger partial charge in [0.2, 0.25) is 0 Å². The largest absolute Gasteiger partial charge is 0.312 e. The van der Waals surface area contributed by atoms with Gasteiger partial charge in [-0.15, -0.1) is 0 Å². The van der Waals surface area contributed by atoms with Crippen molar-refractivity contribution in [1.29, 1.82) is 0 Å². The van der Waals surface area contributed by atoms with Crippen LogP contribution in [0.3, 0.4) is 0 Å². The Morgan fingerprint density at radius 1 is 1.17 bits per heavy atom. The van der Waals surface area contributed by atoms with Crippen molar-refractivity contribution in [1.82, 2.24) is 10.2 Å². The van der Waals surface area contributed by atoms with Crippen molar-refractivity contribution >= 4 is 0 Å². The fourth-order valence-corrected chi connectivity index (χ4v) is 2.69. The van der Waals surface area contributed by atoms with Gasteiger partial charge in [-0.1, -0.05) is 34.6 Å². The molecule has 1 heterocycles. The molecule has 2 heteroatoms. The van der Waals surface area contributed by atoms with Gasteiger partial charge in [-0.2, -0.15) is 0 Å². The summed E-state index contributed by atoms with van der Waals surface area (Å²) in [6.45, 7) is 17.8. The molecule has 1 saturated heterocycles. The third kappa shape index (κ3) is 5.27. The van der Waals surface area contributed by atoms with E-state index >= 15 is 0 Å². The van der Waals surface area contributed by atoms with E-state index in [-0.39, 0.29) is 0 Å². The molecule has 0 aromatic rings. The normalized spacial score (nSPS) is 25.2. The summed E-state index contributed by atoms with van der Waals surface area (Å²) in [5, 5.41) is 3.73. The van der Waals surface area contributed by atoms with Crippen molar-refractivity contribution in [3.8, 4) is 0 Å². The first-order valence-corrected chi connectivity index (χ1v) is 7.78. The maximum absolute atomic E-state index is 3.73. The highest BCUT2D eigenvalue weighted by molar-refractivity contribution is 4.87. The standard InChI is InChI=1S/C16H34N2/c1-13(2)8-9-14(3)18-11-7-10-17-15(12-18)16(4,5)6/h13-15,17H,7-12H2,1-6H3. The Balaban J connectivity index is 2.53. The van der Waals surface area contributed by atoms with Gasteiger partial charge in [0.05, 0.1) is 0 Å². The Hall–Kier alpha value is -0.0800. The average Bonchev–Trinajstić information content (AvgIpc) is 2.50. The molecule has 0 bridgehead atoms. The van der Waals surface area contributed by atoms with Crippen LogP contribution < -0.4 is 5.32 Å². The fourth-order valence-electron chi connectivity index (χ4n) is 2.69. The van der Waals surface area contributed by atoms with Gasteiger partial charge in [-0.3, -0.25) is 4.90 Å². The molecule has 0 saturated carbocycles. The zero-order chi connectivity index (χ0) is 13.8. The second-order valence-electron chi connectivity index (χ2n) is 7.54. The predicted octanol–water partition coefficient (Wildman–Crippen LogP) is 3.52. The Kier molecular flexibility index (Phi) is 6.13. The summed E-state index contributed by atoms with van der Waals surface area (Å²) in [5.41, 5.74) is 0.361. The van der Waals surface area contributed by atoms with Crippen molar-refractivity contribution in [2.24, 2.45) is 11.3 Å². The third-order valence-corrected chi connectivity index (χ3v) is 4.26. The SMILES string of the molecule is CC(C)CCC(C)N1CCCNC(C(C)(C)C)C1. The van der Waals surface area contributed by atoms with Crippen LogP contribution in [-0.4, -0.2) is 36.6 Å². The Morgan fingerprint density at radius 3 is 2.39 bits per heavy atom. The van der Waals surface area contributed by atoms with Gasteiger partial charge in [0.15, 0.2) is 0 Å². The summed E-state index contributed by atoms with van der Waals surface area (Å²) >= 11 is 0. The van der Waals surface area contributed by atoms with Crippen molar-refractivity contribution in [2.75, 3.05) is 19.6 Å². The Morgan fingerprint density at radius 2 is 1.83 bits per heavy atom. The van der Waals surface area contributed by atoms with E-state index in [0.717, 1.165) is 12.0 Å². The fraction of sp³-hybridized carbons (Fsp3) is 1.00. The van der Waals surface area contributed by atoms with Crippen LogP contribution in [-0.2, 0) is 0 Å². The van der Waals surface area contributed by atoms with E-state index in [1.807, 2.05) is 0 Å². The minimum Gasteiger partial charge on any atom is -0.312 e. The summed E-state index contributed by atoms with van der Waals surface area (Å²) < 4.78 is 0. The van der Waals surface area contributed by atoms with Crippen molar-refractivity contribution < 1.29 is 0 Å². The lowest BCUT2D eigenvalue weighted by Gasteiger charge is -2.36. The van der Waals surface area contributed by atoms with Gasteiger partial charge in [0.25, 0.3) is 0 Å². The molecule has 1 rings (SSSR count). The molecule has 1 aliphatic heterocycles. The lowest BCUT2D eigenvalue weighted by Crippen LogP contribution is -2.48. The monoisotopic (exact) mass is 254 g/mol. The highest BCUT2D eigenvalue weighted by Gasteiger charge is 2.29. The third-order valence-electron chi connectivity index (χ3n) is 4.26. The number of hydrogen-bond acceptors (Lipinski definition) is 2. The number of nitrogens with one attached hydrogen (secondary N) is 1. The maximum Gasteiger partial charge on any atom is 0.0243 e. The van der Waals surface area contributed by atoms with Crippen LogP contribution in [0.2, 0.25) is 0 Å². The maximum atomic E-state index is 3.73. The molecule has 1 aliphatic rings. The predicted molar refractivity (Wildman–Crippen MR) is 81.0 cm³/mol. The highest BCUT2D eigenvalue weighted by atomic mass is 15.2. The van der Waals surface area contributed by atoms with E-state index < -0.39 is 0 Å². The van der Waals surface area contributed by atoms with Crippen molar-refractivity contribution in [2.45, 2.75) is 72.9 Å². The first kappa shape index (κ1) is 16.0. The second kappa shape index (κ2) is 6.91. The molecular formula is C16H34N2. The number of hydrogen-bond donors (Lipinski definition) is 1. The van der Waals surface area contributed by atoms with Crippen molar-refractivity contribution in [3.63, 3.8) is 0 Å². The van der Waals surface area contributed by atoms with Crippen LogP contribution in [0.25, 0.3) is 0 Å². The van der Waals surface area contributed by atoms with Crippen LogP contribution in [0.1, 0.15) is 60.8 Å². The Labute approximate surface area is 115 Å². The molecule has 2 atom stereocenters. The van der Waals surface area contributed by atoms with Crippen LogP contribution in [0.4, 0.5) is 0 Å². The molecule has 2 nitrogen and oxygen atoms in total. The Bertz CT molecular complexity index is 230. The molecule has 2 unspecified atom stereocenters. The lowest BCUT2D eigenvalue weighted by molar-refractivity contribution is 0.152. The molecule has 0 aliphatic carbocycles. The van der Waals surface area contributed by atoms with Gasteiger partial charge < -0.3 is 5.32 Å². The molecule has 0 spiro atoms. The molecule has 1 N–H and O–H groups in total. The minimum atomic E-state index is 0.361. The van der Waals surface area contributed by atoms with Gasteiger partial charge in [-0.25, -0.2) is 0 Å². The minimum absolute atomic E-state index is 0.361. The molecule has 0 aromatic carbocycles. The molecule has 0 amide bonds. The molecule has 18 heavy (non-hydrogen) atoms. The van der Waals surface area contributed by atoms with Gasteiger partial charge >= 0.3 is 0 Å². The molecule has 1 fully saturated rings. The van der Waals surface area contributed by atoms with E-state index in [1.54, 1.807) is 0 Å². The van der Waals surface area contributed by atoms with E-state index in [0.29, 0.717) is 11.5 Å². The summed E-state index contributed by atoms with van der Waals surface area (Å²) in [6, 6.07) is 1.36. The summed E-state index contributed by atoms with van der Waals surface area (Å²) in [7, 11) is 0. The highest BCUT2D eigenvalue weighted by Crippen LogP contribution is 2.23. The van der Waals surface area contributed by atoms with E-state index in [4.69, 9.17) is 0 Å². The zero-order valence-electron chi connectivity index (χ0n) is 13.4. The lowest BCUT2D eigenvalue weighted by atomic mass is 9.86. The molecule has 108 valence electrons. The van der Waals surface area contributed by atoms with E-state index in [1.165, 1.54) is 38.9 Å². The van der Waals surface area contributed by atoms with E-state index in [9.17, 15) is 0 Å². The number of rotatable bonds is 4. The van der Waals surface area contributed by atoms with Gasteiger partial charge in [-0.05, 0) is 50.6 Å². The first-order chi connectivity index (χ1) is 8.30. The van der Waals surface area contributed by atoms with Gasteiger partial charge in [0, 0.05) is 18.6 Å². The van der Waals surface area contributed by atoms with Gasteiger partial charge in [0.1, 0.15) is 0 Å². The molecule has 0 aromatic heterocycles. The van der Waals surface area contributed by atoms with Crippen LogP contribution in [0.15, 0.2) is 0 Å². The topological polar surface area (TPSA) is 15.3 Å². The zero-order valence-corrected chi connectivity index (χ0v) is 13.4. The molecular weight excluding hydrogens is 220 g/mol. The number of nitrogens with zero attached hydrogens (tertiary/aromatic N) is 1. The molecule has 0 radical (unpaired) electrons. The van der Waals surface area contributed by atoms with Crippen LogP contribution >= 0.6 is 0 Å².